The van der Waals surface area contributed by atoms with E-state index in [-0.39, 0.29) is 5.76 Å². The molecule has 94 valence electrons. The Morgan fingerprint density at radius 2 is 2.06 bits per heavy atom. The minimum atomic E-state index is -1.05. The largest absolute Gasteiger partial charge is 0.475 e. The van der Waals surface area contributed by atoms with E-state index in [1.807, 2.05) is 12.1 Å². The lowest BCUT2D eigenvalue weighted by Crippen LogP contribution is -2.05. The average Bonchev–Trinajstić information content (AvgIpc) is 2.80. The number of aryl methyl sites for hydroxylation is 1. The number of carbonyl (C=O) groups is 1. The SMILES string of the molecule is Cc1ccccc1CCNc1ccc(C(=O)O)o1. The highest BCUT2D eigenvalue weighted by molar-refractivity contribution is 5.84. The third-order valence-corrected chi connectivity index (χ3v) is 2.77. The Balaban J connectivity index is 1.88. The molecule has 0 unspecified atom stereocenters. The Morgan fingerprint density at radius 3 is 2.72 bits per heavy atom. The molecule has 0 aliphatic rings. The Labute approximate surface area is 105 Å². The molecule has 2 N–H and O–H groups in total. The molecule has 0 spiro atoms. The Hall–Kier alpha value is -2.23. The fraction of sp³-hybridized carbons (Fsp3) is 0.214. The van der Waals surface area contributed by atoms with Gasteiger partial charge >= 0.3 is 5.97 Å². The fourth-order valence-electron chi connectivity index (χ4n) is 1.76. The van der Waals surface area contributed by atoms with Gasteiger partial charge in [-0.05, 0) is 30.5 Å². The van der Waals surface area contributed by atoms with Gasteiger partial charge in [-0.15, -0.1) is 0 Å². The first-order valence-electron chi connectivity index (χ1n) is 5.78. The molecule has 0 aliphatic carbocycles. The van der Waals surface area contributed by atoms with Crippen LogP contribution < -0.4 is 5.32 Å². The number of hydrogen-bond donors (Lipinski definition) is 2. The van der Waals surface area contributed by atoms with Crippen LogP contribution in [0.5, 0.6) is 0 Å². The summed E-state index contributed by atoms with van der Waals surface area (Å²) < 4.78 is 5.10. The highest BCUT2D eigenvalue weighted by Crippen LogP contribution is 2.14. The normalized spacial score (nSPS) is 10.3. The topological polar surface area (TPSA) is 62.5 Å². The molecule has 1 aromatic heterocycles. The van der Waals surface area contributed by atoms with Crippen molar-refractivity contribution in [3.63, 3.8) is 0 Å². The smallest absolute Gasteiger partial charge is 0.371 e. The second kappa shape index (κ2) is 5.40. The van der Waals surface area contributed by atoms with Crippen LogP contribution in [-0.4, -0.2) is 17.6 Å². The molecule has 0 saturated carbocycles. The fourth-order valence-corrected chi connectivity index (χ4v) is 1.76. The molecule has 1 aromatic carbocycles. The zero-order valence-corrected chi connectivity index (χ0v) is 10.1. The van der Waals surface area contributed by atoms with Gasteiger partial charge in [0.1, 0.15) is 0 Å². The van der Waals surface area contributed by atoms with Gasteiger partial charge in [0.2, 0.25) is 5.76 Å². The van der Waals surface area contributed by atoms with Crippen LogP contribution in [0, 0.1) is 6.92 Å². The molecule has 2 aromatic rings. The Kier molecular flexibility index (Phi) is 3.67. The number of carboxylic acid groups (broad SMARTS) is 1. The molecule has 0 aliphatic heterocycles. The molecule has 1 heterocycles. The summed E-state index contributed by atoms with van der Waals surface area (Å²) in [4.78, 5) is 10.6. The first-order chi connectivity index (χ1) is 8.66. The molecular formula is C14H15NO3. The van der Waals surface area contributed by atoms with Crippen molar-refractivity contribution in [1.82, 2.24) is 0 Å². The van der Waals surface area contributed by atoms with Gasteiger partial charge in [0.25, 0.3) is 0 Å². The summed E-state index contributed by atoms with van der Waals surface area (Å²) in [5.74, 6) is -0.615. The summed E-state index contributed by atoms with van der Waals surface area (Å²) in [6.07, 6.45) is 0.871. The van der Waals surface area contributed by atoms with Gasteiger partial charge in [-0.1, -0.05) is 24.3 Å². The van der Waals surface area contributed by atoms with Crippen LogP contribution in [0.15, 0.2) is 40.8 Å². The van der Waals surface area contributed by atoms with Crippen LogP contribution in [0.3, 0.4) is 0 Å². The van der Waals surface area contributed by atoms with Gasteiger partial charge in [0, 0.05) is 12.6 Å². The third-order valence-electron chi connectivity index (χ3n) is 2.77. The second-order valence-electron chi connectivity index (χ2n) is 4.07. The van der Waals surface area contributed by atoms with Crippen molar-refractivity contribution in [3.05, 3.63) is 53.3 Å². The molecule has 0 fully saturated rings. The van der Waals surface area contributed by atoms with Crippen molar-refractivity contribution in [2.24, 2.45) is 0 Å². The van der Waals surface area contributed by atoms with Gasteiger partial charge in [0.05, 0.1) is 0 Å². The highest BCUT2D eigenvalue weighted by atomic mass is 16.4. The standard InChI is InChI=1S/C14H15NO3/c1-10-4-2-3-5-11(10)8-9-15-13-7-6-12(18-13)14(16)17/h2-7,15H,8-9H2,1H3,(H,16,17). The summed E-state index contributed by atoms with van der Waals surface area (Å²) in [6.45, 7) is 2.78. The van der Waals surface area contributed by atoms with Gasteiger partial charge in [-0.2, -0.15) is 0 Å². The lowest BCUT2D eigenvalue weighted by molar-refractivity contribution is 0.0663. The molecule has 0 amide bonds. The van der Waals surface area contributed by atoms with Gasteiger partial charge in [-0.3, -0.25) is 0 Å². The van der Waals surface area contributed by atoms with Gasteiger partial charge in [-0.25, -0.2) is 4.79 Å². The predicted molar refractivity (Wildman–Crippen MR) is 69.0 cm³/mol. The predicted octanol–water partition coefficient (Wildman–Crippen LogP) is 2.94. The average molecular weight is 245 g/mol. The number of carboxylic acids is 1. The van der Waals surface area contributed by atoms with E-state index in [0.717, 1.165) is 6.42 Å². The summed E-state index contributed by atoms with van der Waals surface area (Å²) in [5, 5.41) is 11.8. The van der Waals surface area contributed by atoms with Crippen molar-refractivity contribution in [2.75, 3.05) is 11.9 Å². The van der Waals surface area contributed by atoms with E-state index in [4.69, 9.17) is 9.52 Å². The van der Waals surface area contributed by atoms with Crippen LogP contribution >= 0.6 is 0 Å². The van der Waals surface area contributed by atoms with E-state index < -0.39 is 5.97 Å². The third kappa shape index (κ3) is 2.91. The maximum atomic E-state index is 10.6. The van der Waals surface area contributed by atoms with E-state index in [0.29, 0.717) is 12.4 Å². The summed E-state index contributed by atoms with van der Waals surface area (Å²) in [6, 6.07) is 11.3. The molecule has 4 nitrogen and oxygen atoms in total. The van der Waals surface area contributed by atoms with Crippen LogP contribution in [0.25, 0.3) is 0 Å². The number of aromatic carboxylic acids is 1. The summed E-state index contributed by atoms with van der Waals surface area (Å²) in [7, 11) is 0. The minimum absolute atomic E-state index is 0.0478. The van der Waals surface area contributed by atoms with Gasteiger partial charge < -0.3 is 14.8 Å². The maximum Gasteiger partial charge on any atom is 0.371 e. The monoisotopic (exact) mass is 245 g/mol. The lowest BCUT2D eigenvalue weighted by Gasteiger charge is -2.06. The van der Waals surface area contributed by atoms with Crippen LogP contribution in [0.2, 0.25) is 0 Å². The zero-order chi connectivity index (χ0) is 13.0. The van der Waals surface area contributed by atoms with E-state index in [1.54, 1.807) is 6.07 Å². The van der Waals surface area contributed by atoms with Crippen LogP contribution in [0.1, 0.15) is 21.7 Å². The molecule has 4 heteroatoms. The molecule has 0 radical (unpaired) electrons. The molecule has 18 heavy (non-hydrogen) atoms. The number of nitrogens with one attached hydrogen (secondary N) is 1. The number of rotatable bonds is 5. The van der Waals surface area contributed by atoms with E-state index in [1.165, 1.54) is 17.2 Å². The van der Waals surface area contributed by atoms with E-state index in [2.05, 4.69) is 24.4 Å². The zero-order valence-electron chi connectivity index (χ0n) is 10.1. The molecule has 0 atom stereocenters. The van der Waals surface area contributed by atoms with Crippen molar-refractivity contribution < 1.29 is 14.3 Å². The number of anilines is 1. The molecule has 0 bridgehead atoms. The number of furan rings is 1. The first-order valence-corrected chi connectivity index (χ1v) is 5.78. The highest BCUT2D eigenvalue weighted by Gasteiger charge is 2.08. The lowest BCUT2D eigenvalue weighted by atomic mass is 10.1. The van der Waals surface area contributed by atoms with Crippen molar-refractivity contribution in [3.8, 4) is 0 Å². The molecule has 0 saturated heterocycles. The Morgan fingerprint density at radius 1 is 1.28 bits per heavy atom. The van der Waals surface area contributed by atoms with Crippen LogP contribution in [-0.2, 0) is 6.42 Å². The quantitative estimate of drug-likeness (QED) is 0.850. The number of hydrogen-bond acceptors (Lipinski definition) is 3. The second-order valence-corrected chi connectivity index (χ2v) is 4.07. The maximum absolute atomic E-state index is 10.6. The van der Waals surface area contributed by atoms with Crippen LogP contribution in [0.4, 0.5) is 5.88 Å². The molecular weight excluding hydrogens is 230 g/mol. The number of benzene rings is 1. The summed E-state index contributed by atoms with van der Waals surface area (Å²) >= 11 is 0. The molecule has 2 rings (SSSR count). The Bertz CT molecular complexity index is 545. The van der Waals surface area contributed by atoms with E-state index in [9.17, 15) is 4.79 Å². The summed E-state index contributed by atoms with van der Waals surface area (Å²) in [5.41, 5.74) is 2.53. The first kappa shape index (κ1) is 12.2. The van der Waals surface area contributed by atoms with Crippen molar-refractivity contribution in [2.45, 2.75) is 13.3 Å². The van der Waals surface area contributed by atoms with Crippen molar-refractivity contribution >= 4 is 11.9 Å². The van der Waals surface area contributed by atoms with Gasteiger partial charge in [0.15, 0.2) is 5.88 Å². The minimum Gasteiger partial charge on any atom is -0.475 e. The van der Waals surface area contributed by atoms with Crippen molar-refractivity contribution in [1.29, 1.82) is 0 Å². The van der Waals surface area contributed by atoms with E-state index >= 15 is 0 Å².